The molecule has 144 valence electrons. The molecule has 0 aliphatic rings. The smallest absolute Gasteiger partial charge is 0.319 e. The normalized spacial score (nSPS) is 10.5. The van der Waals surface area contributed by atoms with Crippen LogP contribution in [0.1, 0.15) is 29.8 Å². The largest absolute Gasteiger partial charge is 0.337 e. The Morgan fingerprint density at radius 3 is 2.33 bits per heavy atom. The molecular formula is C21H28N4O2. The van der Waals surface area contributed by atoms with Crippen LogP contribution in [0.25, 0.3) is 0 Å². The van der Waals surface area contributed by atoms with Crippen LogP contribution in [0.5, 0.6) is 0 Å². The fourth-order valence-electron chi connectivity index (χ4n) is 2.66. The second-order valence-corrected chi connectivity index (χ2v) is 6.26. The van der Waals surface area contributed by atoms with E-state index in [1.54, 1.807) is 12.1 Å². The highest BCUT2D eigenvalue weighted by Crippen LogP contribution is 2.18. The van der Waals surface area contributed by atoms with Gasteiger partial charge in [0.1, 0.15) is 0 Å². The van der Waals surface area contributed by atoms with Crippen LogP contribution < -0.4 is 16.0 Å². The molecule has 0 aliphatic carbocycles. The summed E-state index contributed by atoms with van der Waals surface area (Å²) in [6.07, 6.45) is 0. The Bertz CT molecular complexity index is 758. The van der Waals surface area contributed by atoms with E-state index in [1.807, 2.05) is 43.3 Å². The lowest BCUT2D eigenvalue weighted by molar-refractivity contribution is 0.102. The summed E-state index contributed by atoms with van der Waals surface area (Å²) in [5.74, 6) is -0.216. The molecule has 0 aromatic heterocycles. The molecule has 27 heavy (non-hydrogen) atoms. The lowest BCUT2D eigenvalue weighted by atomic mass is 10.1. The van der Waals surface area contributed by atoms with Gasteiger partial charge < -0.3 is 20.9 Å². The van der Waals surface area contributed by atoms with Gasteiger partial charge in [-0.15, -0.1) is 0 Å². The van der Waals surface area contributed by atoms with E-state index in [0.717, 1.165) is 30.9 Å². The summed E-state index contributed by atoms with van der Waals surface area (Å²) >= 11 is 0. The first-order chi connectivity index (χ1) is 13.0. The average molecular weight is 368 g/mol. The molecule has 6 nitrogen and oxygen atoms in total. The molecule has 0 saturated heterocycles. The number of nitrogens with zero attached hydrogens (tertiary/aromatic N) is 1. The molecule has 0 radical (unpaired) electrons. The number of aryl methyl sites for hydroxylation is 1. The minimum atomic E-state index is -0.272. The maximum absolute atomic E-state index is 12.4. The van der Waals surface area contributed by atoms with Crippen LogP contribution in [0.4, 0.5) is 16.2 Å². The van der Waals surface area contributed by atoms with Gasteiger partial charge in [0, 0.05) is 30.0 Å². The summed E-state index contributed by atoms with van der Waals surface area (Å²) in [5, 5.41) is 8.53. The predicted molar refractivity (Wildman–Crippen MR) is 110 cm³/mol. The molecular weight excluding hydrogens is 340 g/mol. The minimum Gasteiger partial charge on any atom is -0.337 e. The summed E-state index contributed by atoms with van der Waals surface area (Å²) in [7, 11) is 0. The van der Waals surface area contributed by atoms with Gasteiger partial charge >= 0.3 is 6.03 Å². The molecule has 2 aromatic rings. The van der Waals surface area contributed by atoms with Crippen molar-refractivity contribution in [1.29, 1.82) is 0 Å². The summed E-state index contributed by atoms with van der Waals surface area (Å²) in [5.41, 5.74) is 2.73. The molecule has 0 unspecified atom stereocenters. The van der Waals surface area contributed by atoms with Crippen LogP contribution in [-0.4, -0.2) is 43.0 Å². The van der Waals surface area contributed by atoms with Crippen LogP contribution >= 0.6 is 0 Å². The van der Waals surface area contributed by atoms with E-state index in [9.17, 15) is 9.59 Å². The molecule has 0 atom stereocenters. The molecule has 3 amide bonds. The van der Waals surface area contributed by atoms with Crippen molar-refractivity contribution in [1.82, 2.24) is 10.2 Å². The third-order valence-electron chi connectivity index (χ3n) is 4.39. The van der Waals surface area contributed by atoms with Gasteiger partial charge in [0.25, 0.3) is 5.91 Å². The number of hydrogen-bond acceptors (Lipinski definition) is 3. The van der Waals surface area contributed by atoms with E-state index in [0.29, 0.717) is 17.8 Å². The van der Waals surface area contributed by atoms with Gasteiger partial charge in [-0.3, -0.25) is 4.79 Å². The molecule has 0 saturated carbocycles. The quantitative estimate of drug-likeness (QED) is 0.665. The molecule has 2 aromatic carbocycles. The van der Waals surface area contributed by atoms with E-state index < -0.39 is 0 Å². The number of para-hydroxylation sites is 1. The van der Waals surface area contributed by atoms with Gasteiger partial charge in [0.05, 0.1) is 0 Å². The van der Waals surface area contributed by atoms with Crippen molar-refractivity contribution in [3.8, 4) is 0 Å². The molecule has 3 N–H and O–H groups in total. The van der Waals surface area contributed by atoms with Crippen LogP contribution in [0.2, 0.25) is 0 Å². The van der Waals surface area contributed by atoms with Crippen LogP contribution in [0, 0.1) is 6.92 Å². The molecule has 2 rings (SSSR count). The maximum Gasteiger partial charge on any atom is 0.319 e. The predicted octanol–water partition coefficient (Wildman–Crippen LogP) is 3.71. The van der Waals surface area contributed by atoms with Gasteiger partial charge in [-0.1, -0.05) is 38.1 Å². The standard InChI is InChI=1S/C21H28N4O2/c1-4-25(5-2)14-13-22-21(27)24-19-15-17(12-11-16(19)3)20(26)23-18-9-7-6-8-10-18/h6-12,15H,4-5,13-14H2,1-3H3,(H,23,26)(H2,22,24,27). The van der Waals surface area contributed by atoms with E-state index >= 15 is 0 Å². The van der Waals surface area contributed by atoms with Crippen molar-refractivity contribution in [2.45, 2.75) is 20.8 Å². The van der Waals surface area contributed by atoms with Gasteiger partial charge in [0.2, 0.25) is 0 Å². The number of nitrogens with one attached hydrogen (secondary N) is 3. The van der Waals surface area contributed by atoms with Gasteiger partial charge in [-0.2, -0.15) is 0 Å². The van der Waals surface area contributed by atoms with Gasteiger partial charge in [0.15, 0.2) is 0 Å². The highest BCUT2D eigenvalue weighted by molar-refractivity contribution is 6.05. The fourth-order valence-corrected chi connectivity index (χ4v) is 2.66. The Morgan fingerprint density at radius 2 is 1.67 bits per heavy atom. The summed E-state index contributed by atoms with van der Waals surface area (Å²) < 4.78 is 0. The Hall–Kier alpha value is -2.86. The lowest BCUT2D eigenvalue weighted by Crippen LogP contribution is -2.37. The number of urea groups is 1. The maximum atomic E-state index is 12.4. The number of benzene rings is 2. The molecule has 0 spiro atoms. The zero-order valence-corrected chi connectivity index (χ0v) is 16.2. The SMILES string of the molecule is CCN(CC)CCNC(=O)Nc1cc(C(=O)Nc2ccccc2)ccc1C. The molecule has 6 heteroatoms. The van der Waals surface area contributed by atoms with Crippen molar-refractivity contribution in [2.75, 3.05) is 36.8 Å². The summed E-state index contributed by atoms with van der Waals surface area (Å²) in [4.78, 5) is 26.8. The second-order valence-electron chi connectivity index (χ2n) is 6.26. The Morgan fingerprint density at radius 1 is 0.963 bits per heavy atom. The van der Waals surface area contributed by atoms with Crippen molar-refractivity contribution in [2.24, 2.45) is 0 Å². The van der Waals surface area contributed by atoms with E-state index in [-0.39, 0.29) is 11.9 Å². The van der Waals surface area contributed by atoms with Crippen LogP contribution in [-0.2, 0) is 0 Å². The fraction of sp³-hybridized carbons (Fsp3) is 0.333. The molecule has 0 heterocycles. The number of carbonyl (C=O) groups excluding carboxylic acids is 2. The van der Waals surface area contributed by atoms with Gasteiger partial charge in [-0.05, 0) is 49.8 Å². The number of anilines is 2. The Labute approximate surface area is 161 Å². The van der Waals surface area contributed by atoms with E-state index in [2.05, 4.69) is 34.7 Å². The number of amides is 3. The number of likely N-dealkylation sites (N-methyl/N-ethyl adjacent to an activating group) is 1. The highest BCUT2D eigenvalue weighted by atomic mass is 16.2. The second kappa shape index (κ2) is 10.3. The first kappa shape index (κ1) is 20.5. The molecule has 0 aliphatic heterocycles. The summed E-state index contributed by atoms with van der Waals surface area (Å²) in [6, 6.07) is 14.3. The van der Waals surface area contributed by atoms with Crippen molar-refractivity contribution in [3.05, 3.63) is 59.7 Å². The molecule has 0 bridgehead atoms. The number of carbonyl (C=O) groups is 2. The third-order valence-corrected chi connectivity index (χ3v) is 4.39. The Kier molecular flexibility index (Phi) is 7.82. The molecule has 0 fully saturated rings. The minimum absolute atomic E-state index is 0.216. The first-order valence-electron chi connectivity index (χ1n) is 9.27. The third kappa shape index (κ3) is 6.42. The monoisotopic (exact) mass is 368 g/mol. The van der Waals surface area contributed by atoms with Crippen LogP contribution in [0.3, 0.4) is 0 Å². The van der Waals surface area contributed by atoms with Crippen molar-refractivity contribution >= 4 is 23.3 Å². The van der Waals surface area contributed by atoms with Gasteiger partial charge in [-0.25, -0.2) is 4.79 Å². The number of rotatable bonds is 8. The van der Waals surface area contributed by atoms with Crippen molar-refractivity contribution < 1.29 is 9.59 Å². The first-order valence-corrected chi connectivity index (χ1v) is 9.27. The lowest BCUT2D eigenvalue weighted by Gasteiger charge is -2.18. The highest BCUT2D eigenvalue weighted by Gasteiger charge is 2.11. The zero-order chi connectivity index (χ0) is 19.6. The topological polar surface area (TPSA) is 73.5 Å². The number of hydrogen-bond donors (Lipinski definition) is 3. The van der Waals surface area contributed by atoms with Crippen LogP contribution in [0.15, 0.2) is 48.5 Å². The van der Waals surface area contributed by atoms with Crippen molar-refractivity contribution in [3.63, 3.8) is 0 Å². The average Bonchev–Trinajstić information content (AvgIpc) is 2.67. The summed E-state index contributed by atoms with van der Waals surface area (Å²) in [6.45, 7) is 9.37. The van der Waals surface area contributed by atoms with E-state index in [4.69, 9.17) is 0 Å². The Balaban J connectivity index is 1.96. The van der Waals surface area contributed by atoms with E-state index in [1.165, 1.54) is 0 Å². The zero-order valence-electron chi connectivity index (χ0n) is 16.2.